The van der Waals surface area contributed by atoms with Crippen LogP contribution in [0, 0.1) is 0 Å². The Hall–Kier alpha value is -3.42. The first-order valence-corrected chi connectivity index (χ1v) is 9.72. The van der Waals surface area contributed by atoms with Crippen LogP contribution < -0.4 is 0 Å². The summed E-state index contributed by atoms with van der Waals surface area (Å²) in [7, 11) is 1.87. The highest BCUT2D eigenvalue weighted by Crippen LogP contribution is 2.37. The standard InChI is InChI=1S/C22H18ClN5O2/c1-22(29,17-5-3-4-6-18(17)23)20-8-19(27-30-20)16-11-25-21-15(16)7-13(9-24-21)14-10-26-28(2)12-14/h3-12,29H,1-2H3,(H,24,25). The number of aryl methyl sites for hydroxylation is 1. The molecule has 1 aromatic carbocycles. The van der Waals surface area contributed by atoms with Gasteiger partial charge < -0.3 is 14.6 Å². The SMILES string of the molecule is Cn1cc(-c2cnc3[nH]cc(-c4cc(C(C)(O)c5ccccc5Cl)on4)c3c2)cn1. The number of nitrogens with zero attached hydrogens (tertiary/aromatic N) is 4. The van der Waals surface area contributed by atoms with Crippen molar-refractivity contribution < 1.29 is 9.63 Å². The minimum Gasteiger partial charge on any atom is -0.377 e. The van der Waals surface area contributed by atoms with Gasteiger partial charge in [-0.3, -0.25) is 4.68 Å². The van der Waals surface area contributed by atoms with E-state index in [2.05, 4.69) is 20.2 Å². The fraction of sp³-hybridized carbons (Fsp3) is 0.136. The Kier molecular flexibility index (Phi) is 4.23. The number of rotatable bonds is 4. The van der Waals surface area contributed by atoms with E-state index in [1.54, 1.807) is 42.2 Å². The maximum Gasteiger partial charge on any atom is 0.173 e. The van der Waals surface area contributed by atoms with Crippen LogP contribution in [0.15, 0.2) is 65.7 Å². The minimum absolute atomic E-state index is 0.302. The average molecular weight is 420 g/mol. The fourth-order valence-electron chi connectivity index (χ4n) is 3.56. The fourth-order valence-corrected chi connectivity index (χ4v) is 3.88. The van der Waals surface area contributed by atoms with E-state index in [0.717, 1.165) is 27.7 Å². The van der Waals surface area contributed by atoms with Gasteiger partial charge in [0.15, 0.2) is 5.76 Å². The number of benzene rings is 1. The maximum absolute atomic E-state index is 11.1. The molecule has 0 amide bonds. The van der Waals surface area contributed by atoms with Gasteiger partial charge in [-0.05, 0) is 19.1 Å². The lowest BCUT2D eigenvalue weighted by atomic mass is 9.93. The second-order valence-corrected chi connectivity index (χ2v) is 7.76. The van der Waals surface area contributed by atoms with Gasteiger partial charge in [0.1, 0.15) is 16.9 Å². The van der Waals surface area contributed by atoms with Crippen LogP contribution in [0.2, 0.25) is 5.02 Å². The van der Waals surface area contributed by atoms with E-state index < -0.39 is 5.60 Å². The van der Waals surface area contributed by atoms with Crippen LogP contribution in [0.5, 0.6) is 0 Å². The lowest BCUT2D eigenvalue weighted by molar-refractivity contribution is 0.0695. The molecule has 0 fully saturated rings. The minimum atomic E-state index is -1.42. The lowest BCUT2D eigenvalue weighted by Crippen LogP contribution is -2.22. The molecular formula is C22H18ClN5O2. The van der Waals surface area contributed by atoms with E-state index in [-0.39, 0.29) is 0 Å². The smallest absolute Gasteiger partial charge is 0.173 e. The number of aromatic nitrogens is 5. The van der Waals surface area contributed by atoms with Gasteiger partial charge in [-0.15, -0.1) is 0 Å². The number of hydrogen-bond acceptors (Lipinski definition) is 5. The quantitative estimate of drug-likeness (QED) is 0.446. The lowest BCUT2D eigenvalue weighted by Gasteiger charge is -2.21. The van der Waals surface area contributed by atoms with E-state index in [9.17, 15) is 5.11 Å². The molecule has 8 heteroatoms. The molecule has 0 aliphatic rings. The molecular weight excluding hydrogens is 402 g/mol. The molecule has 5 rings (SSSR count). The van der Waals surface area contributed by atoms with Crippen LogP contribution >= 0.6 is 11.6 Å². The van der Waals surface area contributed by atoms with Crippen molar-refractivity contribution in [1.29, 1.82) is 0 Å². The largest absolute Gasteiger partial charge is 0.377 e. The zero-order valence-electron chi connectivity index (χ0n) is 16.3. The molecule has 1 atom stereocenters. The van der Waals surface area contributed by atoms with Gasteiger partial charge in [0.2, 0.25) is 0 Å². The molecule has 4 heterocycles. The Balaban J connectivity index is 1.57. The monoisotopic (exact) mass is 419 g/mol. The van der Waals surface area contributed by atoms with Crippen molar-refractivity contribution in [2.45, 2.75) is 12.5 Å². The molecule has 0 bridgehead atoms. The Morgan fingerprint density at radius 1 is 1.17 bits per heavy atom. The van der Waals surface area contributed by atoms with Gasteiger partial charge in [0.25, 0.3) is 0 Å². The van der Waals surface area contributed by atoms with Crippen LogP contribution in [-0.2, 0) is 12.6 Å². The summed E-state index contributed by atoms with van der Waals surface area (Å²) in [5, 5.41) is 20.9. The van der Waals surface area contributed by atoms with Crippen molar-refractivity contribution in [1.82, 2.24) is 24.9 Å². The Bertz CT molecular complexity index is 1360. The van der Waals surface area contributed by atoms with E-state index in [1.165, 1.54) is 0 Å². The summed E-state index contributed by atoms with van der Waals surface area (Å²) < 4.78 is 7.27. The van der Waals surface area contributed by atoms with Gasteiger partial charge in [-0.1, -0.05) is 35.0 Å². The highest BCUT2D eigenvalue weighted by molar-refractivity contribution is 6.31. The molecule has 0 spiro atoms. The zero-order chi connectivity index (χ0) is 20.9. The second-order valence-electron chi connectivity index (χ2n) is 7.35. The summed E-state index contributed by atoms with van der Waals surface area (Å²) >= 11 is 6.28. The van der Waals surface area contributed by atoms with Crippen molar-refractivity contribution in [2.24, 2.45) is 7.05 Å². The number of aromatic amines is 1. The van der Waals surface area contributed by atoms with Gasteiger partial charge in [0.05, 0.1) is 6.20 Å². The van der Waals surface area contributed by atoms with Crippen LogP contribution in [0.25, 0.3) is 33.4 Å². The van der Waals surface area contributed by atoms with Gasteiger partial charge in [-0.2, -0.15) is 5.10 Å². The number of fused-ring (bicyclic) bond motifs is 1. The Morgan fingerprint density at radius 2 is 2.00 bits per heavy atom. The Labute approximate surface area is 176 Å². The summed E-state index contributed by atoms with van der Waals surface area (Å²) in [6.45, 7) is 1.63. The number of hydrogen-bond donors (Lipinski definition) is 2. The van der Waals surface area contributed by atoms with Gasteiger partial charge >= 0.3 is 0 Å². The maximum atomic E-state index is 11.1. The molecule has 4 aromatic heterocycles. The molecule has 0 radical (unpaired) electrons. The molecule has 150 valence electrons. The number of H-pyrrole nitrogens is 1. The van der Waals surface area contributed by atoms with Crippen LogP contribution in [0.1, 0.15) is 18.2 Å². The molecule has 0 saturated heterocycles. The third-order valence-corrected chi connectivity index (χ3v) is 5.56. The van der Waals surface area contributed by atoms with Crippen LogP contribution in [0.4, 0.5) is 0 Å². The average Bonchev–Trinajstić information content (AvgIpc) is 3.46. The van der Waals surface area contributed by atoms with Crippen LogP contribution in [0.3, 0.4) is 0 Å². The summed E-state index contributed by atoms with van der Waals surface area (Å²) in [6, 6.07) is 10.9. The number of aliphatic hydroxyl groups is 1. The van der Waals surface area contributed by atoms with Crippen molar-refractivity contribution in [3.8, 4) is 22.4 Å². The van der Waals surface area contributed by atoms with Gasteiger partial charge in [0, 0.05) is 64.4 Å². The van der Waals surface area contributed by atoms with Crippen LogP contribution in [-0.4, -0.2) is 30.0 Å². The van der Waals surface area contributed by atoms with E-state index in [1.807, 2.05) is 37.6 Å². The number of nitrogens with one attached hydrogen (secondary N) is 1. The predicted molar refractivity (Wildman–Crippen MR) is 114 cm³/mol. The zero-order valence-corrected chi connectivity index (χ0v) is 17.1. The first kappa shape index (κ1) is 18.6. The molecule has 5 aromatic rings. The first-order chi connectivity index (χ1) is 14.4. The number of halogens is 1. The van der Waals surface area contributed by atoms with Gasteiger partial charge in [-0.25, -0.2) is 4.98 Å². The highest BCUT2D eigenvalue weighted by atomic mass is 35.5. The molecule has 7 nitrogen and oxygen atoms in total. The van der Waals surface area contributed by atoms with Crippen molar-refractivity contribution >= 4 is 22.6 Å². The normalized spacial score (nSPS) is 13.6. The van der Waals surface area contributed by atoms with E-state index >= 15 is 0 Å². The first-order valence-electron chi connectivity index (χ1n) is 9.34. The second kappa shape index (κ2) is 6.83. The molecule has 30 heavy (non-hydrogen) atoms. The van der Waals surface area contributed by atoms with Crippen molar-refractivity contribution in [3.63, 3.8) is 0 Å². The molecule has 0 saturated carbocycles. The Morgan fingerprint density at radius 3 is 2.77 bits per heavy atom. The summed E-state index contributed by atoms with van der Waals surface area (Å²) in [4.78, 5) is 7.67. The summed E-state index contributed by atoms with van der Waals surface area (Å²) in [6.07, 6.45) is 7.36. The highest BCUT2D eigenvalue weighted by Gasteiger charge is 2.32. The third-order valence-electron chi connectivity index (χ3n) is 5.23. The predicted octanol–water partition coefficient (Wildman–Crippen LogP) is 4.53. The molecule has 2 N–H and O–H groups in total. The van der Waals surface area contributed by atoms with Crippen molar-refractivity contribution in [3.05, 3.63) is 77.5 Å². The topological polar surface area (TPSA) is 92.8 Å². The third kappa shape index (κ3) is 2.99. The molecule has 0 aliphatic carbocycles. The summed E-state index contributed by atoms with van der Waals surface area (Å²) in [5.41, 5.74) is 3.20. The number of pyridine rings is 1. The van der Waals surface area contributed by atoms with E-state index in [4.69, 9.17) is 16.1 Å². The summed E-state index contributed by atoms with van der Waals surface area (Å²) in [5.74, 6) is 0.302. The van der Waals surface area contributed by atoms with E-state index in [0.29, 0.717) is 22.0 Å². The van der Waals surface area contributed by atoms with Crippen molar-refractivity contribution in [2.75, 3.05) is 0 Å². The molecule has 1 unspecified atom stereocenters. The molecule has 0 aliphatic heterocycles.